The highest BCUT2D eigenvalue weighted by Crippen LogP contribution is 2.36. The van der Waals surface area contributed by atoms with Crippen LogP contribution in [0.15, 0.2) is 53.3 Å². The van der Waals surface area contributed by atoms with Crippen molar-refractivity contribution in [3.8, 4) is 22.9 Å². The Balaban J connectivity index is 1.48. The molecule has 2 aromatic heterocycles. The van der Waals surface area contributed by atoms with E-state index < -0.39 is 11.9 Å². The fraction of sp³-hybridized carbons (Fsp3) is 0.227. The number of benzene rings is 2. The average Bonchev–Trinajstić information content (AvgIpc) is 3.59. The van der Waals surface area contributed by atoms with Crippen molar-refractivity contribution < 1.29 is 18.4 Å². The van der Waals surface area contributed by atoms with Crippen LogP contribution in [0.4, 0.5) is 4.39 Å². The Bertz CT molecular complexity index is 1310. The number of halogens is 2. The first kappa shape index (κ1) is 21.1. The summed E-state index contributed by atoms with van der Waals surface area (Å²) in [5.41, 5.74) is 1.10. The van der Waals surface area contributed by atoms with E-state index in [9.17, 15) is 9.18 Å². The highest BCUT2D eigenvalue weighted by molar-refractivity contribution is 6.33. The number of carbonyl (C=O) groups is 1. The van der Waals surface area contributed by atoms with Gasteiger partial charge in [-0.25, -0.2) is 4.39 Å². The van der Waals surface area contributed by atoms with Crippen molar-refractivity contribution in [2.24, 2.45) is 0 Å². The lowest BCUT2D eigenvalue weighted by atomic mass is 10.1. The van der Waals surface area contributed by atoms with Crippen molar-refractivity contribution in [3.63, 3.8) is 0 Å². The van der Waals surface area contributed by atoms with Crippen LogP contribution in [0.3, 0.4) is 0 Å². The fourth-order valence-electron chi connectivity index (χ4n) is 4.02. The van der Waals surface area contributed by atoms with Gasteiger partial charge in [0.15, 0.2) is 17.4 Å². The number of ether oxygens (including phenoxy) is 1. The van der Waals surface area contributed by atoms with Gasteiger partial charge in [-0.2, -0.15) is 15.2 Å². The van der Waals surface area contributed by atoms with E-state index in [-0.39, 0.29) is 17.5 Å². The molecule has 1 amide bonds. The zero-order chi connectivity index (χ0) is 22.9. The molecule has 1 aliphatic heterocycles. The van der Waals surface area contributed by atoms with Gasteiger partial charge in [-0.05, 0) is 37.1 Å². The zero-order valence-electron chi connectivity index (χ0n) is 17.5. The van der Waals surface area contributed by atoms with Gasteiger partial charge in [-0.15, -0.1) is 4.80 Å². The van der Waals surface area contributed by atoms with E-state index in [4.69, 9.17) is 20.9 Å². The second-order valence-corrected chi connectivity index (χ2v) is 7.80. The monoisotopic (exact) mass is 468 g/mol. The molecule has 2 aromatic carbocycles. The SMILES string of the molecule is COc1c(F)cccc1-c1nc([C@@H]2CCCN2C(=O)c2cccc(Cl)c2-n2nccn2)no1. The molecule has 1 fully saturated rings. The smallest absolute Gasteiger partial charge is 0.261 e. The summed E-state index contributed by atoms with van der Waals surface area (Å²) in [5.74, 6) is -0.315. The minimum Gasteiger partial charge on any atom is -0.493 e. The molecule has 4 aromatic rings. The molecule has 1 atom stereocenters. The predicted molar refractivity (Wildman–Crippen MR) is 116 cm³/mol. The molecular formula is C22H18ClFN6O3. The highest BCUT2D eigenvalue weighted by Gasteiger charge is 2.35. The first-order valence-electron chi connectivity index (χ1n) is 10.2. The molecule has 0 aliphatic carbocycles. The average molecular weight is 469 g/mol. The molecule has 5 rings (SSSR count). The van der Waals surface area contributed by atoms with E-state index in [1.54, 1.807) is 29.2 Å². The Morgan fingerprint density at radius 1 is 1.21 bits per heavy atom. The Labute approximate surface area is 192 Å². The Hall–Kier alpha value is -3.79. The largest absolute Gasteiger partial charge is 0.493 e. The molecule has 0 unspecified atom stereocenters. The molecule has 0 saturated carbocycles. The topological polar surface area (TPSA) is 99.2 Å². The molecule has 1 aliphatic rings. The first-order chi connectivity index (χ1) is 16.1. The van der Waals surface area contributed by atoms with Gasteiger partial charge in [0.25, 0.3) is 11.8 Å². The van der Waals surface area contributed by atoms with Gasteiger partial charge in [-0.1, -0.05) is 28.9 Å². The third-order valence-corrected chi connectivity index (χ3v) is 5.80. The summed E-state index contributed by atoms with van der Waals surface area (Å²) < 4.78 is 24.6. The van der Waals surface area contributed by atoms with Crippen molar-refractivity contribution in [2.45, 2.75) is 18.9 Å². The third kappa shape index (κ3) is 3.72. The molecule has 0 N–H and O–H groups in total. The van der Waals surface area contributed by atoms with Gasteiger partial charge >= 0.3 is 0 Å². The van der Waals surface area contributed by atoms with Crippen molar-refractivity contribution in [3.05, 3.63) is 71.0 Å². The van der Waals surface area contributed by atoms with Crippen LogP contribution < -0.4 is 4.74 Å². The lowest BCUT2D eigenvalue weighted by molar-refractivity contribution is 0.0728. The molecule has 33 heavy (non-hydrogen) atoms. The van der Waals surface area contributed by atoms with Crippen LogP contribution in [0.5, 0.6) is 5.75 Å². The summed E-state index contributed by atoms with van der Waals surface area (Å²) in [4.78, 5) is 21.0. The second-order valence-electron chi connectivity index (χ2n) is 7.39. The summed E-state index contributed by atoms with van der Waals surface area (Å²) in [7, 11) is 1.37. The van der Waals surface area contributed by atoms with Crippen molar-refractivity contribution >= 4 is 17.5 Å². The fourth-order valence-corrected chi connectivity index (χ4v) is 4.27. The molecular weight excluding hydrogens is 451 g/mol. The number of nitrogens with zero attached hydrogens (tertiary/aromatic N) is 6. The van der Waals surface area contributed by atoms with Crippen molar-refractivity contribution in [1.29, 1.82) is 0 Å². The van der Waals surface area contributed by atoms with Gasteiger partial charge in [-0.3, -0.25) is 4.79 Å². The number of likely N-dealkylation sites (tertiary alicyclic amines) is 1. The number of para-hydroxylation sites is 2. The highest BCUT2D eigenvalue weighted by atomic mass is 35.5. The van der Waals surface area contributed by atoms with Crippen LogP contribution in [0.1, 0.15) is 35.1 Å². The lowest BCUT2D eigenvalue weighted by Crippen LogP contribution is -2.32. The molecule has 11 heteroatoms. The number of hydrogen-bond acceptors (Lipinski definition) is 7. The zero-order valence-corrected chi connectivity index (χ0v) is 18.2. The number of rotatable bonds is 5. The van der Waals surface area contributed by atoms with E-state index in [0.717, 1.165) is 6.42 Å². The summed E-state index contributed by atoms with van der Waals surface area (Å²) in [6.07, 6.45) is 4.44. The minimum absolute atomic E-state index is 0.0161. The lowest BCUT2D eigenvalue weighted by Gasteiger charge is -2.23. The van der Waals surface area contributed by atoms with Crippen LogP contribution in [0.25, 0.3) is 17.1 Å². The van der Waals surface area contributed by atoms with Crippen molar-refractivity contribution in [2.75, 3.05) is 13.7 Å². The van der Waals surface area contributed by atoms with Crippen LogP contribution >= 0.6 is 11.6 Å². The van der Waals surface area contributed by atoms with Crippen LogP contribution in [-0.2, 0) is 0 Å². The van der Waals surface area contributed by atoms with Crippen LogP contribution in [0, 0.1) is 5.82 Å². The maximum atomic E-state index is 14.1. The van der Waals surface area contributed by atoms with Gasteiger partial charge in [0, 0.05) is 6.54 Å². The van der Waals surface area contributed by atoms with E-state index in [0.29, 0.717) is 40.6 Å². The molecule has 0 bridgehead atoms. The van der Waals surface area contributed by atoms with Gasteiger partial charge < -0.3 is 14.2 Å². The van der Waals surface area contributed by atoms with E-state index in [1.807, 2.05) is 0 Å². The van der Waals surface area contributed by atoms with E-state index in [1.165, 1.54) is 36.4 Å². The maximum Gasteiger partial charge on any atom is 0.261 e. The number of carbonyl (C=O) groups excluding carboxylic acids is 1. The molecule has 9 nitrogen and oxygen atoms in total. The molecule has 168 valence electrons. The Morgan fingerprint density at radius 3 is 2.79 bits per heavy atom. The number of hydrogen-bond donors (Lipinski definition) is 0. The summed E-state index contributed by atoms with van der Waals surface area (Å²) in [6, 6.07) is 9.10. The van der Waals surface area contributed by atoms with Gasteiger partial charge in [0.1, 0.15) is 5.69 Å². The van der Waals surface area contributed by atoms with E-state index >= 15 is 0 Å². The Morgan fingerprint density at radius 2 is 2.00 bits per heavy atom. The third-order valence-electron chi connectivity index (χ3n) is 5.49. The first-order valence-corrected chi connectivity index (χ1v) is 10.6. The molecule has 3 heterocycles. The number of methoxy groups -OCH3 is 1. The molecule has 0 radical (unpaired) electrons. The molecule has 0 spiro atoms. The maximum absolute atomic E-state index is 14.1. The summed E-state index contributed by atoms with van der Waals surface area (Å²) in [6.45, 7) is 0.509. The van der Waals surface area contributed by atoms with Crippen LogP contribution in [-0.4, -0.2) is 49.6 Å². The molecule has 1 saturated heterocycles. The van der Waals surface area contributed by atoms with Gasteiger partial charge in [0.2, 0.25) is 0 Å². The quantitative estimate of drug-likeness (QED) is 0.435. The van der Waals surface area contributed by atoms with E-state index in [2.05, 4.69) is 20.3 Å². The normalized spacial score (nSPS) is 15.7. The number of aromatic nitrogens is 5. The second kappa shape index (κ2) is 8.62. The Kier molecular flexibility index (Phi) is 5.51. The summed E-state index contributed by atoms with van der Waals surface area (Å²) in [5, 5.41) is 12.7. The van der Waals surface area contributed by atoms with Gasteiger partial charge in [0.05, 0.1) is 41.7 Å². The predicted octanol–water partition coefficient (Wildman–Crippen LogP) is 4.10. The van der Waals surface area contributed by atoms with Crippen molar-refractivity contribution in [1.82, 2.24) is 30.0 Å². The summed E-state index contributed by atoms with van der Waals surface area (Å²) >= 11 is 6.38. The standard InChI is InChI=1S/C22H18ClFN6O3/c1-32-19-14(6-3-8-16(19)24)21-27-20(28-33-21)17-9-4-12-29(17)22(31)13-5-2-7-15(23)18(13)30-25-10-11-26-30/h2-3,5-8,10-11,17H,4,9,12H2,1H3/t17-/m0/s1. The van der Waals surface area contributed by atoms with Crippen LogP contribution in [0.2, 0.25) is 5.02 Å². The number of amides is 1. The minimum atomic E-state index is -0.534.